The highest BCUT2D eigenvalue weighted by molar-refractivity contribution is 6.30. The zero-order valence-corrected chi connectivity index (χ0v) is 14.3. The van der Waals surface area contributed by atoms with E-state index in [4.69, 9.17) is 11.6 Å². The van der Waals surface area contributed by atoms with Gasteiger partial charge in [-0.25, -0.2) is 0 Å². The first-order valence-corrected chi connectivity index (χ1v) is 9.08. The van der Waals surface area contributed by atoms with Crippen molar-refractivity contribution in [1.29, 1.82) is 0 Å². The molecule has 1 aromatic carbocycles. The molecule has 1 aliphatic carbocycles. The molecule has 1 aliphatic rings. The maximum absolute atomic E-state index is 6.14. The highest BCUT2D eigenvalue weighted by atomic mass is 35.5. The molecule has 0 bridgehead atoms. The van der Waals surface area contributed by atoms with Gasteiger partial charge in [0.25, 0.3) is 0 Å². The van der Waals surface area contributed by atoms with Gasteiger partial charge in [-0.1, -0.05) is 56.8 Å². The number of halogens is 1. The number of hydrogen-bond acceptors (Lipinski definition) is 1. The van der Waals surface area contributed by atoms with E-state index in [9.17, 15) is 0 Å². The molecule has 0 radical (unpaired) electrons. The number of hydrogen-bond donors (Lipinski definition) is 1. The Morgan fingerprint density at radius 3 is 2.86 bits per heavy atom. The smallest absolute Gasteiger partial charge is 0.0408 e. The average molecular weight is 308 g/mol. The van der Waals surface area contributed by atoms with Crippen LogP contribution in [0, 0.1) is 11.8 Å². The summed E-state index contributed by atoms with van der Waals surface area (Å²) < 4.78 is 0. The third-order valence-corrected chi connectivity index (χ3v) is 5.21. The van der Waals surface area contributed by atoms with Crippen LogP contribution in [0.5, 0.6) is 0 Å². The van der Waals surface area contributed by atoms with Crippen molar-refractivity contribution < 1.29 is 0 Å². The molecule has 118 valence electrons. The van der Waals surface area contributed by atoms with E-state index in [0.29, 0.717) is 6.04 Å². The second-order valence-corrected chi connectivity index (χ2v) is 7.03. The molecule has 0 saturated heterocycles. The molecule has 21 heavy (non-hydrogen) atoms. The molecule has 1 N–H and O–H groups in total. The average Bonchev–Trinajstić information content (AvgIpc) is 2.51. The largest absolute Gasteiger partial charge is 0.313 e. The van der Waals surface area contributed by atoms with Crippen LogP contribution in [-0.4, -0.2) is 12.6 Å². The van der Waals surface area contributed by atoms with Crippen molar-refractivity contribution in [3.63, 3.8) is 0 Å². The van der Waals surface area contributed by atoms with E-state index in [2.05, 4.69) is 37.4 Å². The first-order valence-electron chi connectivity index (χ1n) is 8.70. The molecule has 0 heterocycles. The van der Waals surface area contributed by atoms with Gasteiger partial charge < -0.3 is 5.32 Å². The van der Waals surface area contributed by atoms with Gasteiger partial charge in [-0.2, -0.15) is 0 Å². The van der Waals surface area contributed by atoms with Gasteiger partial charge in [0.2, 0.25) is 0 Å². The molecule has 2 rings (SSSR count). The third kappa shape index (κ3) is 5.30. The van der Waals surface area contributed by atoms with Crippen molar-refractivity contribution in [3.05, 3.63) is 34.9 Å². The summed E-state index contributed by atoms with van der Waals surface area (Å²) in [6.45, 7) is 5.72. The fourth-order valence-electron chi connectivity index (χ4n) is 3.72. The minimum atomic E-state index is 0.609. The van der Waals surface area contributed by atoms with Gasteiger partial charge in [-0.3, -0.25) is 0 Å². The zero-order chi connectivity index (χ0) is 15.1. The van der Waals surface area contributed by atoms with Gasteiger partial charge in [-0.15, -0.1) is 0 Å². The summed E-state index contributed by atoms with van der Waals surface area (Å²) in [4.78, 5) is 0. The Bertz CT molecular complexity index is 418. The van der Waals surface area contributed by atoms with E-state index < -0.39 is 0 Å². The predicted molar refractivity (Wildman–Crippen MR) is 93.0 cm³/mol. The molecule has 1 saturated carbocycles. The SMILES string of the molecule is CCCNC(Cc1cccc(Cl)c1)C1CCCC(CC)C1. The lowest BCUT2D eigenvalue weighted by Gasteiger charge is -2.35. The fraction of sp³-hybridized carbons (Fsp3) is 0.684. The van der Waals surface area contributed by atoms with Crippen molar-refractivity contribution in [3.8, 4) is 0 Å². The Morgan fingerprint density at radius 1 is 1.29 bits per heavy atom. The maximum Gasteiger partial charge on any atom is 0.0408 e. The van der Waals surface area contributed by atoms with Crippen molar-refractivity contribution in [1.82, 2.24) is 5.32 Å². The third-order valence-electron chi connectivity index (χ3n) is 4.97. The highest BCUT2D eigenvalue weighted by Gasteiger charge is 2.27. The van der Waals surface area contributed by atoms with E-state index >= 15 is 0 Å². The van der Waals surface area contributed by atoms with Crippen LogP contribution in [0.4, 0.5) is 0 Å². The Morgan fingerprint density at radius 2 is 2.14 bits per heavy atom. The quantitative estimate of drug-likeness (QED) is 0.704. The molecule has 1 nitrogen and oxygen atoms in total. The summed E-state index contributed by atoms with van der Waals surface area (Å²) in [5.41, 5.74) is 1.37. The van der Waals surface area contributed by atoms with Gasteiger partial charge >= 0.3 is 0 Å². The van der Waals surface area contributed by atoms with E-state index in [1.54, 1.807) is 0 Å². The molecule has 0 aliphatic heterocycles. The molecule has 0 spiro atoms. The van der Waals surface area contributed by atoms with Gasteiger partial charge in [0.1, 0.15) is 0 Å². The molecule has 1 aromatic rings. The molecule has 3 unspecified atom stereocenters. The molecular weight excluding hydrogens is 278 g/mol. The first kappa shape index (κ1) is 16.8. The van der Waals surface area contributed by atoms with Gasteiger partial charge in [0.15, 0.2) is 0 Å². The standard InChI is InChI=1S/C19H30ClN/c1-3-11-21-19(14-16-8-6-10-18(20)13-16)17-9-5-7-15(4-2)12-17/h6,8,10,13,15,17,19,21H,3-5,7,9,11-12,14H2,1-2H3. The Labute approximate surface area is 135 Å². The molecule has 3 atom stereocenters. The monoisotopic (exact) mass is 307 g/mol. The summed E-state index contributed by atoms with van der Waals surface area (Å²) in [5.74, 6) is 1.77. The molecule has 0 amide bonds. The van der Waals surface area contributed by atoms with Gasteiger partial charge in [0, 0.05) is 11.1 Å². The van der Waals surface area contributed by atoms with Crippen LogP contribution in [0.3, 0.4) is 0 Å². The fourth-order valence-corrected chi connectivity index (χ4v) is 3.93. The van der Waals surface area contributed by atoms with Gasteiger partial charge in [0.05, 0.1) is 0 Å². The van der Waals surface area contributed by atoms with Crippen LogP contribution in [0.25, 0.3) is 0 Å². The summed E-state index contributed by atoms with van der Waals surface area (Å²) in [5, 5.41) is 4.67. The number of nitrogens with one attached hydrogen (secondary N) is 1. The van der Waals surface area contributed by atoms with Crippen molar-refractivity contribution in [2.24, 2.45) is 11.8 Å². The molecule has 2 heteroatoms. The normalized spacial score (nSPS) is 24.0. The van der Waals surface area contributed by atoms with Crippen molar-refractivity contribution in [2.75, 3.05) is 6.54 Å². The van der Waals surface area contributed by atoms with E-state index in [1.165, 1.54) is 44.1 Å². The van der Waals surface area contributed by atoms with Crippen LogP contribution in [0.1, 0.15) is 57.9 Å². The minimum Gasteiger partial charge on any atom is -0.313 e. The number of rotatable bonds is 7. The topological polar surface area (TPSA) is 12.0 Å². The lowest BCUT2D eigenvalue weighted by molar-refractivity contribution is 0.207. The Hall–Kier alpha value is -0.530. The minimum absolute atomic E-state index is 0.609. The molecule has 0 aromatic heterocycles. The van der Waals surface area contributed by atoms with Crippen LogP contribution >= 0.6 is 11.6 Å². The first-order chi connectivity index (χ1) is 10.2. The summed E-state index contributed by atoms with van der Waals surface area (Å²) in [7, 11) is 0. The lowest BCUT2D eigenvalue weighted by atomic mass is 9.75. The van der Waals surface area contributed by atoms with Crippen LogP contribution < -0.4 is 5.32 Å². The van der Waals surface area contributed by atoms with E-state index in [0.717, 1.165) is 29.8 Å². The lowest BCUT2D eigenvalue weighted by Crippen LogP contribution is -2.40. The van der Waals surface area contributed by atoms with Crippen molar-refractivity contribution >= 4 is 11.6 Å². The number of benzene rings is 1. The van der Waals surface area contributed by atoms with E-state index in [-0.39, 0.29) is 0 Å². The second kappa shape index (κ2) is 8.80. The zero-order valence-electron chi connectivity index (χ0n) is 13.6. The van der Waals surface area contributed by atoms with Gasteiger partial charge in [-0.05, 0) is 61.8 Å². The summed E-state index contributed by atoms with van der Waals surface area (Å²) in [6, 6.07) is 8.99. The van der Waals surface area contributed by atoms with Crippen LogP contribution in [0.2, 0.25) is 5.02 Å². The maximum atomic E-state index is 6.14. The van der Waals surface area contributed by atoms with E-state index in [1.807, 2.05) is 6.07 Å². The highest BCUT2D eigenvalue weighted by Crippen LogP contribution is 2.34. The Balaban J connectivity index is 2.02. The summed E-state index contributed by atoms with van der Waals surface area (Å²) in [6.07, 6.45) is 9.29. The summed E-state index contributed by atoms with van der Waals surface area (Å²) >= 11 is 6.14. The second-order valence-electron chi connectivity index (χ2n) is 6.60. The molecular formula is C19H30ClN. The Kier molecular flexibility index (Phi) is 7.06. The van der Waals surface area contributed by atoms with Crippen LogP contribution in [0.15, 0.2) is 24.3 Å². The predicted octanol–water partition coefficient (Wildman–Crippen LogP) is 5.47. The van der Waals surface area contributed by atoms with Crippen LogP contribution in [-0.2, 0) is 6.42 Å². The van der Waals surface area contributed by atoms with Crippen molar-refractivity contribution in [2.45, 2.75) is 64.8 Å². The molecule has 1 fully saturated rings.